The molecule has 2 aliphatic carbocycles. The zero-order valence-electron chi connectivity index (χ0n) is 24.4. The third kappa shape index (κ3) is 4.70. The fraction of sp³-hybridized carbons (Fsp3) is 0.438. The Labute approximate surface area is 226 Å². The Balaban J connectivity index is 1.78. The lowest BCUT2D eigenvalue weighted by Gasteiger charge is -2.37. The zero-order valence-corrected chi connectivity index (χ0v) is 26.4. The van der Waals surface area contributed by atoms with Crippen LogP contribution in [0, 0.1) is 20.8 Å². The van der Waals surface area contributed by atoms with E-state index in [2.05, 4.69) is 96.3 Å². The lowest BCUT2D eigenvalue weighted by atomic mass is 9.84. The standard InChI is InChI=1S/C32H44O3Si2/c1-21-22(2)29(27-17-15-26(16-18-27)19-20-37(33-6,34-7)35-8)30-24(4)25(5)32(31(30)23(21)3)36(9,10)28-13-11-12-14-28/h11-18,28,32H,19-20H2,1-10H3. The van der Waals surface area contributed by atoms with E-state index in [0.29, 0.717) is 11.1 Å². The highest BCUT2D eigenvalue weighted by molar-refractivity contribution is 6.82. The largest absolute Gasteiger partial charge is 0.500 e. The molecule has 1 atom stereocenters. The van der Waals surface area contributed by atoms with Crippen LogP contribution in [0.3, 0.4) is 0 Å². The minimum Gasteiger partial charge on any atom is -0.377 e. The maximum Gasteiger partial charge on any atom is 0.500 e. The molecule has 1 unspecified atom stereocenters. The van der Waals surface area contributed by atoms with Crippen LogP contribution in [0.2, 0.25) is 24.7 Å². The first-order chi connectivity index (χ1) is 17.5. The van der Waals surface area contributed by atoms with Crippen LogP contribution in [0.4, 0.5) is 0 Å². The van der Waals surface area contributed by atoms with E-state index in [1.807, 2.05) is 0 Å². The fourth-order valence-electron chi connectivity index (χ4n) is 6.66. The van der Waals surface area contributed by atoms with Crippen molar-refractivity contribution in [2.75, 3.05) is 21.3 Å². The third-order valence-electron chi connectivity index (χ3n) is 9.36. The molecule has 0 aromatic heterocycles. The first-order valence-electron chi connectivity index (χ1n) is 13.4. The summed E-state index contributed by atoms with van der Waals surface area (Å²) in [6, 6.07) is 9.91. The van der Waals surface area contributed by atoms with Gasteiger partial charge in [-0.25, -0.2) is 0 Å². The summed E-state index contributed by atoms with van der Waals surface area (Å²) in [5.41, 5.74) is 15.6. The Hall–Kier alpha value is -2.03. The van der Waals surface area contributed by atoms with Gasteiger partial charge in [-0.15, -0.1) is 0 Å². The number of aryl methyl sites for hydroxylation is 1. The molecule has 3 nitrogen and oxygen atoms in total. The second kappa shape index (κ2) is 10.6. The van der Waals surface area contributed by atoms with Crippen LogP contribution in [-0.2, 0) is 19.7 Å². The Bertz CT molecular complexity index is 1240. The number of benzene rings is 2. The molecule has 0 bridgehead atoms. The van der Waals surface area contributed by atoms with Crippen molar-refractivity contribution in [2.24, 2.45) is 0 Å². The van der Waals surface area contributed by atoms with E-state index in [-0.39, 0.29) is 0 Å². The molecule has 198 valence electrons. The molecule has 0 radical (unpaired) electrons. The number of allylic oxidation sites excluding steroid dienone is 6. The predicted octanol–water partition coefficient (Wildman–Crippen LogP) is 8.33. The summed E-state index contributed by atoms with van der Waals surface area (Å²) in [5.74, 6) is 0. The summed E-state index contributed by atoms with van der Waals surface area (Å²) in [4.78, 5) is 0. The maximum atomic E-state index is 5.62. The van der Waals surface area contributed by atoms with E-state index in [1.54, 1.807) is 32.5 Å². The summed E-state index contributed by atoms with van der Waals surface area (Å²) in [7, 11) is 0.761. The van der Waals surface area contributed by atoms with Gasteiger partial charge >= 0.3 is 8.80 Å². The Morgan fingerprint density at radius 2 is 1.30 bits per heavy atom. The van der Waals surface area contributed by atoms with E-state index in [0.717, 1.165) is 12.5 Å². The Morgan fingerprint density at radius 1 is 0.730 bits per heavy atom. The van der Waals surface area contributed by atoms with Crippen LogP contribution in [-0.4, -0.2) is 38.2 Å². The molecule has 4 rings (SSSR count). The van der Waals surface area contributed by atoms with E-state index >= 15 is 0 Å². The van der Waals surface area contributed by atoms with Crippen LogP contribution in [0.1, 0.15) is 52.8 Å². The van der Waals surface area contributed by atoms with Gasteiger partial charge in [-0.2, -0.15) is 0 Å². The SMILES string of the molecule is CO[Si](CCc1ccc(-c2c(C)c(C)c(C)c3c2C(C)=C(C)C3[Si](C)(C)C2C=CC=C2)cc1)(OC)OC. The summed E-state index contributed by atoms with van der Waals surface area (Å²) >= 11 is 0. The molecule has 2 aliphatic rings. The topological polar surface area (TPSA) is 27.7 Å². The van der Waals surface area contributed by atoms with Crippen molar-refractivity contribution in [2.45, 2.75) is 71.3 Å². The molecule has 2 aromatic carbocycles. The highest BCUT2D eigenvalue weighted by Gasteiger charge is 2.45. The van der Waals surface area contributed by atoms with Gasteiger partial charge in [0.05, 0.1) is 8.07 Å². The number of rotatable bonds is 9. The number of hydrogen-bond donors (Lipinski definition) is 0. The average molecular weight is 533 g/mol. The summed E-state index contributed by atoms with van der Waals surface area (Å²) in [5, 5.41) is 0. The second-order valence-electron chi connectivity index (χ2n) is 11.4. The molecule has 0 aliphatic heterocycles. The van der Waals surface area contributed by atoms with Crippen molar-refractivity contribution in [3.63, 3.8) is 0 Å². The van der Waals surface area contributed by atoms with Crippen LogP contribution in [0.25, 0.3) is 16.7 Å². The predicted molar refractivity (Wildman–Crippen MR) is 162 cm³/mol. The van der Waals surface area contributed by atoms with Gasteiger partial charge in [0, 0.05) is 32.9 Å². The van der Waals surface area contributed by atoms with Crippen LogP contribution in [0.15, 0.2) is 54.1 Å². The number of fused-ring (bicyclic) bond motifs is 1. The van der Waals surface area contributed by atoms with Crippen LogP contribution in [0.5, 0.6) is 0 Å². The van der Waals surface area contributed by atoms with Gasteiger partial charge in [0.15, 0.2) is 0 Å². The smallest absolute Gasteiger partial charge is 0.377 e. The van der Waals surface area contributed by atoms with E-state index < -0.39 is 16.9 Å². The molecule has 0 saturated heterocycles. The van der Waals surface area contributed by atoms with Gasteiger partial charge in [-0.3, -0.25) is 0 Å². The molecule has 0 fully saturated rings. The molecule has 0 spiro atoms. The van der Waals surface area contributed by atoms with Gasteiger partial charge < -0.3 is 13.3 Å². The van der Waals surface area contributed by atoms with Crippen molar-refractivity contribution in [3.8, 4) is 11.1 Å². The lowest BCUT2D eigenvalue weighted by Crippen LogP contribution is -2.43. The zero-order chi connectivity index (χ0) is 27.1. The van der Waals surface area contributed by atoms with Crippen molar-refractivity contribution in [3.05, 3.63) is 87.5 Å². The monoisotopic (exact) mass is 532 g/mol. The lowest BCUT2D eigenvalue weighted by molar-refractivity contribution is 0.123. The summed E-state index contributed by atoms with van der Waals surface area (Å²) in [6.45, 7) is 16.9. The summed E-state index contributed by atoms with van der Waals surface area (Å²) in [6.07, 6.45) is 10.2. The Kier molecular flexibility index (Phi) is 8.04. The first-order valence-corrected chi connectivity index (χ1v) is 18.5. The maximum absolute atomic E-state index is 5.62. The summed E-state index contributed by atoms with van der Waals surface area (Å²) < 4.78 is 16.9. The normalized spacial score (nSPS) is 17.8. The molecular formula is C32H44O3Si2. The number of hydrogen-bond acceptors (Lipinski definition) is 3. The molecule has 0 N–H and O–H groups in total. The molecule has 0 heterocycles. The minimum atomic E-state index is -2.58. The highest BCUT2D eigenvalue weighted by Crippen LogP contribution is 2.55. The van der Waals surface area contributed by atoms with Gasteiger partial charge in [0.2, 0.25) is 0 Å². The Morgan fingerprint density at radius 3 is 1.84 bits per heavy atom. The van der Waals surface area contributed by atoms with Crippen molar-refractivity contribution < 1.29 is 13.3 Å². The fourth-order valence-corrected chi connectivity index (χ4v) is 12.4. The van der Waals surface area contributed by atoms with Gasteiger partial charge in [-0.05, 0) is 96.7 Å². The second-order valence-corrected chi connectivity index (χ2v) is 19.4. The van der Waals surface area contributed by atoms with E-state index in [9.17, 15) is 0 Å². The van der Waals surface area contributed by atoms with Crippen LogP contribution < -0.4 is 0 Å². The quantitative estimate of drug-likeness (QED) is 0.304. The van der Waals surface area contributed by atoms with Gasteiger partial charge in [0.1, 0.15) is 0 Å². The van der Waals surface area contributed by atoms with Crippen LogP contribution >= 0.6 is 0 Å². The van der Waals surface area contributed by atoms with Gasteiger partial charge in [0.25, 0.3) is 0 Å². The molecule has 5 heteroatoms. The minimum absolute atomic E-state index is 0.535. The molecule has 37 heavy (non-hydrogen) atoms. The highest BCUT2D eigenvalue weighted by atomic mass is 28.4. The van der Waals surface area contributed by atoms with Crippen molar-refractivity contribution in [1.82, 2.24) is 0 Å². The molecule has 0 amide bonds. The van der Waals surface area contributed by atoms with E-state index in [4.69, 9.17) is 13.3 Å². The first kappa shape index (κ1) is 28.0. The average Bonchev–Trinajstić information content (AvgIpc) is 3.54. The van der Waals surface area contributed by atoms with E-state index in [1.165, 1.54) is 44.5 Å². The molecular weight excluding hydrogens is 489 g/mol. The molecule has 2 aromatic rings. The molecule has 0 saturated carbocycles. The van der Waals surface area contributed by atoms with Gasteiger partial charge in [-0.1, -0.05) is 67.2 Å². The van der Waals surface area contributed by atoms with Crippen molar-refractivity contribution in [1.29, 1.82) is 0 Å². The van der Waals surface area contributed by atoms with Crippen molar-refractivity contribution >= 4 is 22.5 Å². The third-order valence-corrected chi connectivity index (χ3v) is 16.4.